The van der Waals surface area contributed by atoms with Crippen LogP contribution in [-0.4, -0.2) is 28.5 Å². The number of nitrogens with zero attached hydrogens (tertiary/aromatic N) is 1. The SMILES string of the molecule is CC(CNC(=O)CCc1cccnc1)C(=O)O. The number of hydrogen-bond donors (Lipinski definition) is 2. The van der Waals surface area contributed by atoms with Gasteiger partial charge in [-0.2, -0.15) is 0 Å². The van der Waals surface area contributed by atoms with Gasteiger partial charge in [-0.3, -0.25) is 14.6 Å². The molecule has 0 saturated carbocycles. The quantitative estimate of drug-likeness (QED) is 0.767. The minimum atomic E-state index is -0.905. The Kier molecular flexibility index (Phi) is 5.13. The van der Waals surface area contributed by atoms with Gasteiger partial charge in [0.25, 0.3) is 0 Å². The number of aromatic nitrogens is 1. The second kappa shape index (κ2) is 6.62. The zero-order valence-corrected chi connectivity index (χ0v) is 9.72. The van der Waals surface area contributed by atoms with Gasteiger partial charge in [0.05, 0.1) is 5.92 Å². The van der Waals surface area contributed by atoms with Crippen LogP contribution in [0.3, 0.4) is 0 Å². The van der Waals surface area contributed by atoms with Crippen LogP contribution in [0.25, 0.3) is 0 Å². The van der Waals surface area contributed by atoms with Crippen LogP contribution in [0.1, 0.15) is 18.9 Å². The molecule has 1 aromatic rings. The van der Waals surface area contributed by atoms with Crippen LogP contribution in [-0.2, 0) is 16.0 Å². The minimum absolute atomic E-state index is 0.137. The van der Waals surface area contributed by atoms with Gasteiger partial charge in [-0.25, -0.2) is 0 Å². The first-order chi connectivity index (χ1) is 8.09. The molecular weight excluding hydrogens is 220 g/mol. The Hall–Kier alpha value is -1.91. The summed E-state index contributed by atoms with van der Waals surface area (Å²) in [5.41, 5.74) is 0.994. The fourth-order valence-corrected chi connectivity index (χ4v) is 1.25. The van der Waals surface area contributed by atoms with E-state index >= 15 is 0 Å². The van der Waals surface area contributed by atoms with Gasteiger partial charge in [-0.1, -0.05) is 13.0 Å². The standard InChI is InChI=1S/C12H16N2O3/c1-9(12(16)17)7-14-11(15)5-4-10-3-2-6-13-8-10/h2-3,6,8-9H,4-5,7H2,1H3,(H,14,15)(H,16,17). The highest BCUT2D eigenvalue weighted by Crippen LogP contribution is 2.00. The van der Waals surface area contributed by atoms with E-state index in [9.17, 15) is 9.59 Å². The number of hydrogen-bond acceptors (Lipinski definition) is 3. The Morgan fingerprint density at radius 3 is 2.88 bits per heavy atom. The van der Waals surface area contributed by atoms with E-state index in [1.165, 1.54) is 0 Å². The summed E-state index contributed by atoms with van der Waals surface area (Å²) in [4.78, 5) is 25.9. The molecule has 0 spiro atoms. The van der Waals surface area contributed by atoms with Crippen molar-refractivity contribution in [3.8, 4) is 0 Å². The highest BCUT2D eigenvalue weighted by Gasteiger charge is 2.11. The molecule has 1 rings (SSSR count). The predicted octanol–water partition coefficient (Wildman–Crippen LogP) is 0.851. The summed E-state index contributed by atoms with van der Waals surface area (Å²) in [5, 5.41) is 11.2. The third-order valence-corrected chi connectivity index (χ3v) is 2.39. The Balaban J connectivity index is 2.24. The fraction of sp³-hybridized carbons (Fsp3) is 0.417. The maximum Gasteiger partial charge on any atom is 0.308 e. The van der Waals surface area contributed by atoms with Gasteiger partial charge in [0.1, 0.15) is 0 Å². The van der Waals surface area contributed by atoms with E-state index in [0.717, 1.165) is 5.56 Å². The molecule has 5 heteroatoms. The first-order valence-electron chi connectivity index (χ1n) is 5.48. The van der Waals surface area contributed by atoms with Crippen LogP contribution in [0, 0.1) is 5.92 Å². The zero-order chi connectivity index (χ0) is 12.7. The number of carboxylic acids is 1. The Morgan fingerprint density at radius 1 is 1.53 bits per heavy atom. The summed E-state index contributed by atoms with van der Waals surface area (Å²) in [5.74, 6) is -1.60. The lowest BCUT2D eigenvalue weighted by Gasteiger charge is -2.08. The Bertz CT molecular complexity index is 379. The molecule has 0 bridgehead atoms. The van der Waals surface area contributed by atoms with Crippen molar-refractivity contribution in [1.82, 2.24) is 10.3 Å². The van der Waals surface area contributed by atoms with Crippen molar-refractivity contribution in [2.75, 3.05) is 6.54 Å². The molecule has 0 aromatic carbocycles. The average Bonchev–Trinajstić information content (AvgIpc) is 2.34. The number of carbonyl (C=O) groups is 2. The predicted molar refractivity (Wildman–Crippen MR) is 62.4 cm³/mol. The number of carbonyl (C=O) groups excluding carboxylic acids is 1. The van der Waals surface area contributed by atoms with Crippen molar-refractivity contribution in [1.29, 1.82) is 0 Å². The molecule has 5 nitrogen and oxygen atoms in total. The molecule has 0 aliphatic rings. The summed E-state index contributed by atoms with van der Waals surface area (Å²) in [6.07, 6.45) is 4.35. The topological polar surface area (TPSA) is 79.3 Å². The first-order valence-corrected chi connectivity index (χ1v) is 5.48. The average molecular weight is 236 g/mol. The summed E-state index contributed by atoms with van der Waals surface area (Å²) in [7, 11) is 0. The van der Waals surface area contributed by atoms with Crippen LogP contribution >= 0.6 is 0 Å². The van der Waals surface area contributed by atoms with E-state index in [0.29, 0.717) is 12.8 Å². The van der Waals surface area contributed by atoms with E-state index < -0.39 is 11.9 Å². The van der Waals surface area contributed by atoms with Crippen LogP contribution < -0.4 is 5.32 Å². The minimum Gasteiger partial charge on any atom is -0.481 e. The van der Waals surface area contributed by atoms with E-state index in [1.54, 1.807) is 19.3 Å². The van der Waals surface area contributed by atoms with Crippen molar-refractivity contribution >= 4 is 11.9 Å². The highest BCUT2D eigenvalue weighted by atomic mass is 16.4. The van der Waals surface area contributed by atoms with E-state index in [1.807, 2.05) is 12.1 Å². The second-order valence-corrected chi connectivity index (χ2v) is 3.90. The van der Waals surface area contributed by atoms with Crippen LogP contribution in [0.2, 0.25) is 0 Å². The number of nitrogens with one attached hydrogen (secondary N) is 1. The normalized spacial score (nSPS) is 11.8. The molecule has 0 saturated heterocycles. The first kappa shape index (κ1) is 13.2. The van der Waals surface area contributed by atoms with Crippen LogP contribution in [0.5, 0.6) is 0 Å². The third-order valence-electron chi connectivity index (χ3n) is 2.39. The van der Waals surface area contributed by atoms with Gasteiger partial charge < -0.3 is 10.4 Å². The van der Waals surface area contributed by atoms with Gasteiger partial charge in [0, 0.05) is 25.4 Å². The van der Waals surface area contributed by atoms with E-state index in [2.05, 4.69) is 10.3 Å². The molecule has 0 fully saturated rings. The molecular formula is C12H16N2O3. The van der Waals surface area contributed by atoms with Gasteiger partial charge in [0.2, 0.25) is 5.91 Å². The van der Waals surface area contributed by atoms with Crippen LogP contribution in [0.4, 0.5) is 0 Å². The van der Waals surface area contributed by atoms with Gasteiger partial charge in [0.15, 0.2) is 0 Å². The summed E-state index contributed by atoms with van der Waals surface area (Å²) in [6.45, 7) is 1.73. The van der Waals surface area contributed by atoms with E-state index in [4.69, 9.17) is 5.11 Å². The highest BCUT2D eigenvalue weighted by molar-refractivity contribution is 5.77. The summed E-state index contributed by atoms with van der Waals surface area (Å²) >= 11 is 0. The molecule has 1 heterocycles. The number of carboxylic acid groups (broad SMARTS) is 1. The Labute approximate surface area is 99.9 Å². The second-order valence-electron chi connectivity index (χ2n) is 3.90. The summed E-state index contributed by atoms with van der Waals surface area (Å²) in [6, 6.07) is 3.72. The molecule has 17 heavy (non-hydrogen) atoms. The fourth-order valence-electron chi connectivity index (χ4n) is 1.25. The lowest BCUT2D eigenvalue weighted by atomic mass is 10.1. The molecule has 1 aromatic heterocycles. The van der Waals surface area contributed by atoms with E-state index in [-0.39, 0.29) is 12.5 Å². The van der Waals surface area contributed by atoms with Crippen LogP contribution in [0.15, 0.2) is 24.5 Å². The monoisotopic (exact) mass is 236 g/mol. The molecule has 92 valence electrons. The lowest BCUT2D eigenvalue weighted by molar-refractivity contribution is -0.141. The molecule has 0 radical (unpaired) electrons. The van der Waals surface area contributed by atoms with Crippen molar-refractivity contribution in [2.24, 2.45) is 5.92 Å². The van der Waals surface area contributed by atoms with Crippen molar-refractivity contribution in [3.05, 3.63) is 30.1 Å². The van der Waals surface area contributed by atoms with Gasteiger partial charge >= 0.3 is 5.97 Å². The molecule has 1 unspecified atom stereocenters. The lowest BCUT2D eigenvalue weighted by Crippen LogP contribution is -2.31. The molecule has 0 aliphatic heterocycles. The van der Waals surface area contributed by atoms with Gasteiger partial charge in [-0.05, 0) is 18.1 Å². The van der Waals surface area contributed by atoms with Crippen molar-refractivity contribution < 1.29 is 14.7 Å². The third kappa shape index (κ3) is 5.10. The summed E-state index contributed by atoms with van der Waals surface area (Å²) < 4.78 is 0. The molecule has 1 atom stereocenters. The molecule has 1 amide bonds. The zero-order valence-electron chi connectivity index (χ0n) is 9.72. The number of aryl methyl sites for hydroxylation is 1. The largest absolute Gasteiger partial charge is 0.481 e. The molecule has 2 N–H and O–H groups in total. The smallest absolute Gasteiger partial charge is 0.308 e. The Morgan fingerprint density at radius 2 is 2.29 bits per heavy atom. The number of rotatable bonds is 6. The number of pyridine rings is 1. The maximum absolute atomic E-state index is 11.4. The van der Waals surface area contributed by atoms with Gasteiger partial charge in [-0.15, -0.1) is 0 Å². The van der Waals surface area contributed by atoms with Crippen molar-refractivity contribution in [2.45, 2.75) is 19.8 Å². The van der Waals surface area contributed by atoms with Crippen molar-refractivity contribution in [3.63, 3.8) is 0 Å². The maximum atomic E-state index is 11.4. The number of amides is 1. The number of aliphatic carboxylic acids is 1. The molecule has 0 aliphatic carbocycles.